The second-order valence-electron chi connectivity index (χ2n) is 3.85. The Labute approximate surface area is 128 Å². The summed E-state index contributed by atoms with van der Waals surface area (Å²) in [6.07, 6.45) is 0. The van der Waals surface area contributed by atoms with Crippen LogP contribution in [0.15, 0.2) is 51.4 Å². The number of hydrogen-bond acceptors (Lipinski definition) is 2. The standard InChI is InChI=1S/C14H12Br2FNO/c15-10-1-4-12(5-2-10)19-8-7-18-14-6-3-11(17)9-13(14)16/h1-6,9,18H,7-8H2. The van der Waals surface area contributed by atoms with Crippen LogP contribution < -0.4 is 10.1 Å². The molecule has 0 amide bonds. The topological polar surface area (TPSA) is 21.3 Å². The molecule has 2 rings (SSSR count). The first-order valence-corrected chi connectivity index (χ1v) is 7.31. The van der Waals surface area contributed by atoms with Crippen LogP contribution in [0.3, 0.4) is 0 Å². The van der Waals surface area contributed by atoms with E-state index in [-0.39, 0.29) is 5.82 Å². The number of anilines is 1. The van der Waals surface area contributed by atoms with Crippen LogP contribution in [-0.2, 0) is 0 Å². The van der Waals surface area contributed by atoms with Crippen LogP contribution in [0.4, 0.5) is 10.1 Å². The average molecular weight is 389 g/mol. The molecular formula is C14H12Br2FNO. The van der Waals surface area contributed by atoms with E-state index in [4.69, 9.17) is 4.74 Å². The van der Waals surface area contributed by atoms with E-state index in [0.717, 1.165) is 15.9 Å². The summed E-state index contributed by atoms with van der Waals surface area (Å²) in [5.41, 5.74) is 0.848. The lowest BCUT2D eigenvalue weighted by atomic mass is 10.3. The smallest absolute Gasteiger partial charge is 0.124 e. The molecule has 0 bridgehead atoms. The van der Waals surface area contributed by atoms with Crippen LogP contribution in [0.1, 0.15) is 0 Å². The highest BCUT2D eigenvalue weighted by molar-refractivity contribution is 9.10. The van der Waals surface area contributed by atoms with E-state index in [2.05, 4.69) is 37.2 Å². The molecule has 5 heteroatoms. The van der Waals surface area contributed by atoms with Gasteiger partial charge < -0.3 is 10.1 Å². The molecule has 0 aliphatic rings. The van der Waals surface area contributed by atoms with Gasteiger partial charge in [0, 0.05) is 21.2 Å². The maximum absolute atomic E-state index is 12.9. The number of ether oxygens (including phenoxy) is 1. The first kappa shape index (κ1) is 14.3. The molecule has 2 nitrogen and oxygen atoms in total. The van der Waals surface area contributed by atoms with Gasteiger partial charge in [0.1, 0.15) is 18.2 Å². The van der Waals surface area contributed by atoms with Crippen LogP contribution in [0, 0.1) is 5.82 Å². The Morgan fingerprint density at radius 2 is 1.79 bits per heavy atom. The molecule has 0 saturated carbocycles. The van der Waals surface area contributed by atoms with E-state index in [1.54, 1.807) is 6.07 Å². The van der Waals surface area contributed by atoms with Crippen molar-refractivity contribution >= 4 is 37.5 Å². The van der Waals surface area contributed by atoms with Gasteiger partial charge in [-0.3, -0.25) is 0 Å². The Hall–Kier alpha value is -1.07. The third-order valence-electron chi connectivity index (χ3n) is 2.43. The molecule has 1 N–H and O–H groups in total. The van der Waals surface area contributed by atoms with Crippen molar-refractivity contribution in [2.75, 3.05) is 18.5 Å². The summed E-state index contributed by atoms with van der Waals surface area (Å²) >= 11 is 6.67. The highest BCUT2D eigenvalue weighted by Gasteiger charge is 2.00. The maximum Gasteiger partial charge on any atom is 0.124 e. The van der Waals surface area contributed by atoms with Crippen LogP contribution in [0.25, 0.3) is 0 Å². The Bertz CT molecular complexity index is 546. The number of nitrogens with one attached hydrogen (secondary N) is 1. The van der Waals surface area contributed by atoms with E-state index in [1.807, 2.05) is 24.3 Å². The normalized spacial score (nSPS) is 10.3. The number of rotatable bonds is 5. The third kappa shape index (κ3) is 4.51. The lowest BCUT2D eigenvalue weighted by molar-refractivity contribution is 0.333. The van der Waals surface area contributed by atoms with Gasteiger partial charge in [0.25, 0.3) is 0 Å². The zero-order valence-electron chi connectivity index (χ0n) is 10.00. The molecule has 2 aromatic carbocycles. The molecule has 0 radical (unpaired) electrons. The third-order valence-corrected chi connectivity index (χ3v) is 3.62. The zero-order valence-corrected chi connectivity index (χ0v) is 13.2. The molecule has 0 aromatic heterocycles. The van der Waals surface area contributed by atoms with Crippen molar-refractivity contribution in [3.8, 4) is 5.75 Å². The number of benzene rings is 2. The molecule has 0 aliphatic heterocycles. The second kappa shape index (κ2) is 6.91. The van der Waals surface area contributed by atoms with Crippen molar-refractivity contribution in [3.63, 3.8) is 0 Å². The van der Waals surface area contributed by atoms with Crippen LogP contribution in [0.2, 0.25) is 0 Å². The Morgan fingerprint density at radius 3 is 2.47 bits per heavy atom. The van der Waals surface area contributed by atoms with Gasteiger partial charge >= 0.3 is 0 Å². The first-order chi connectivity index (χ1) is 9.15. The first-order valence-electron chi connectivity index (χ1n) is 5.72. The fraction of sp³-hybridized carbons (Fsp3) is 0.143. The molecule has 19 heavy (non-hydrogen) atoms. The highest BCUT2D eigenvalue weighted by atomic mass is 79.9. The lowest BCUT2D eigenvalue weighted by Crippen LogP contribution is -2.11. The Balaban J connectivity index is 1.79. The summed E-state index contributed by atoms with van der Waals surface area (Å²) in [7, 11) is 0. The molecule has 100 valence electrons. The summed E-state index contributed by atoms with van der Waals surface area (Å²) in [6, 6.07) is 12.2. The molecule has 0 fully saturated rings. The number of halogens is 3. The summed E-state index contributed by atoms with van der Waals surface area (Å²) in [6.45, 7) is 1.17. The van der Waals surface area contributed by atoms with Crippen LogP contribution in [-0.4, -0.2) is 13.2 Å². The largest absolute Gasteiger partial charge is 0.492 e. The minimum absolute atomic E-state index is 0.261. The van der Waals surface area contributed by atoms with Crippen LogP contribution >= 0.6 is 31.9 Å². The Kier molecular flexibility index (Phi) is 5.22. The summed E-state index contributed by atoms with van der Waals surface area (Å²) in [4.78, 5) is 0. The lowest BCUT2D eigenvalue weighted by Gasteiger charge is -2.10. The van der Waals surface area contributed by atoms with Crippen molar-refractivity contribution < 1.29 is 9.13 Å². The summed E-state index contributed by atoms with van der Waals surface area (Å²) in [5.74, 6) is 0.562. The van der Waals surface area contributed by atoms with Crippen molar-refractivity contribution in [1.29, 1.82) is 0 Å². The van der Waals surface area contributed by atoms with Gasteiger partial charge in [-0.15, -0.1) is 0 Å². The zero-order chi connectivity index (χ0) is 13.7. The van der Waals surface area contributed by atoms with Gasteiger partial charge in [-0.1, -0.05) is 15.9 Å². The van der Waals surface area contributed by atoms with E-state index >= 15 is 0 Å². The minimum atomic E-state index is -0.261. The van der Waals surface area contributed by atoms with E-state index < -0.39 is 0 Å². The fourth-order valence-corrected chi connectivity index (χ4v) is 2.27. The van der Waals surface area contributed by atoms with Crippen molar-refractivity contribution in [2.24, 2.45) is 0 Å². The predicted octanol–water partition coefficient (Wildman–Crippen LogP) is 4.84. The molecule has 0 saturated heterocycles. The quantitative estimate of drug-likeness (QED) is 0.740. The maximum atomic E-state index is 12.9. The molecule has 0 spiro atoms. The molecule has 0 aliphatic carbocycles. The van der Waals surface area contributed by atoms with E-state index in [1.165, 1.54) is 12.1 Å². The SMILES string of the molecule is Fc1ccc(NCCOc2ccc(Br)cc2)c(Br)c1. The predicted molar refractivity (Wildman–Crippen MR) is 82.2 cm³/mol. The van der Waals surface area contributed by atoms with Crippen LogP contribution in [0.5, 0.6) is 5.75 Å². The van der Waals surface area contributed by atoms with Gasteiger partial charge in [0.05, 0.1) is 0 Å². The highest BCUT2D eigenvalue weighted by Crippen LogP contribution is 2.22. The van der Waals surface area contributed by atoms with E-state index in [9.17, 15) is 4.39 Å². The summed E-state index contributed by atoms with van der Waals surface area (Å²) in [5, 5.41) is 3.17. The average Bonchev–Trinajstić information content (AvgIpc) is 2.39. The molecule has 2 aromatic rings. The van der Waals surface area contributed by atoms with Crippen molar-refractivity contribution in [2.45, 2.75) is 0 Å². The Morgan fingerprint density at radius 1 is 1.05 bits per heavy atom. The molecular weight excluding hydrogens is 377 g/mol. The van der Waals surface area contributed by atoms with Crippen molar-refractivity contribution in [3.05, 3.63) is 57.2 Å². The van der Waals surface area contributed by atoms with E-state index in [0.29, 0.717) is 17.6 Å². The molecule has 0 unspecified atom stereocenters. The van der Waals surface area contributed by atoms with Gasteiger partial charge in [-0.05, 0) is 58.4 Å². The number of hydrogen-bond donors (Lipinski definition) is 1. The monoisotopic (exact) mass is 387 g/mol. The van der Waals surface area contributed by atoms with Gasteiger partial charge in [0.2, 0.25) is 0 Å². The minimum Gasteiger partial charge on any atom is -0.492 e. The summed E-state index contributed by atoms with van der Waals surface area (Å²) < 4.78 is 20.2. The second-order valence-corrected chi connectivity index (χ2v) is 5.62. The molecule has 0 heterocycles. The molecule has 0 atom stereocenters. The van der Waals surface area contributed by atoms with Gasteiger partial charge in [0.15, 0.2) is 0 Å². The fourth-order valence-electron chi connectivity index (χ4n) is 1.52. The van der Waals surface area contributed by atoms with Gasteiger partial charge in [-0.25, -0.2) is 4.39 Å². The van der Waals surface area contributed by atoms with Gasteiger partial charge in [-0.2, -0.15) is 0 Å². The van der Waals surface area contributed by atoms with Crippen molar-refractivity contribution in [1.82, 2.24) is 0 Å².